The molecule has 68 valence electrons. The summed E-state index contributed by atoms with van der Waals surface area (Å²) < 4.78 is 0. The molecule has 0 saturated carbocycles. The van der Waals surface area contributed by atoms with Crippen LogP contribution in [0, 0.1) is 5.41 Å². The molecule has 0 amide bonds. The van der Waals surface area contributed by atoms with E-state index in [4.69, 9.17) is 5.11 Å². The fourth-order valence-corrected chi connectivity index (χ4v) is 0.758. The number of rotatable bonds is 4. The molecule has 1 unspecified atom stereocenters. The zero-order valence-electron chi connectivity index (χ0n) is 8.15. The average Bonchev–Trinajstić information content (AvgIpc) is 1.85. The van der Waals surface area contributed by atoms with Crippen molar-refractivity contribution >= 4 is 0 Å². The van der Waals surface area contributed by atoms with Crippen LogP contribution >= 0.6 is 0 Å². The van der Waals surface area contributed by atoms with Crippen molar-refractivity contribution in [2.75, 3.05) is 13.2 Å². The first-order valence-electron chi connectivity index (χ1n) is 4.30. The van der Waals surface area contributed by atoms with Crippen LogP contribution in [0.4, 0.5) is 0 Å². The molecular weight excluding hydrogens is 138 g/mol. The first-order valence-corrected chi connectivity index (χ1v) is 4.30. The van der Waals surface area contributed by atoms with Crippen LogP contribution in [0.1, 0.15) is 34.1 Å². The molecule has 11 heavy (non-hydrogen) atoms. The normalized spacial score (nSPS) is 15.0. The first-order chi connectivity index (χ1) is 4.95. The summed E-state index contributed by atoms with van der Waals surface area (Å²) in [5.41, 5.74) is 0.391. The maximum atomic E-state index is 8.70. The van der Waals surface area contributed by atoms with E-state index < -0.39 is 0 Å². The second kappa shape index (κ2) is 4.73. The van der Waals surface area contributed by atoms with E-state index in [9.17, 15) is 0 Å². The van der Waals surface area contributed by atoms with Gasteiger partial charge < -0.3 is 10.4 Å². The second-order valence-corrected chi connectivity index (χ2v) is 4.35. The second-order valence-electron chi connectivity index (χ2n) is 4.35. The van der Waals surface area contributed by atoms with Gasteiger partial charge in [0, 0.05) is 6.04 Å². The van der Waals surface area contributed by atoms with Gasteiger partial charge in [0.05, 0.1) is 6.61 Å². The molecule has 1 atom stereocenters. The lowest BCUT2D eigenvalue weighted by atomic mass is 9.92. The zero-order chi connectivity index (χ0) is 8.91. The van der Waals surface area contributed by atoms with Gasteiger partial charge in [0.1, 0.15) is 0 Å². The minimum Gasteiger partial charge on any atom is -0.395 e. The molecule has 0 radical (unpaired) electrons. The third kappa shape index (κ3) is 7.82. The average molecular weight is 159 g/mol. The molecule has 2 heteroatoms. The Morgan fingerprint density at radius 3 is 2.27 bits per heavy atom. The lowest BCUT2D eigenvalue weighted by Gasteiger charge is -2.19. The van der Waals surface area contributed by atoms with Crippen molar-refractivity contribution < 1.29 is 5.11 Å². The highest BCUT2D eigenvalue weighted by molar-refractivity contribution is 4.65. The summed E-state index contributed by atoms with van der Waals surface area (Å²) in [5, 5.41) is 11.9. The number of hydrogen-bond acceptors (Lipinski definition) is 2. The molecule has 0 aromatic heterocycles. The van der Waals surface area contributed by atoms with E-state index in [0.29, 0.717) is 5.41 Å². The summed E-state index contributed by atoms with van der Waals surface area (Å²) in [4.78, 5) is 0. The van der Waals surface area contributed by atoms with Gasteiger partial charge in [-0.15, -0.1) is 0 Å². The number of hydrogen-bond donors (Lipinski definition) is 2. The minimum absolute atomic E-state index is 0.226. The molecule has 0 spiro atoms. The maximum Gasteiger partial charge on any atom is 0.0581 e. The topological polar surface area (TPSA) is 32.3 Å². The minimum atomic E-state index is 0.226. The molecule has 0 rings (SSSR count). The van der Waals surface area contributed by atoms with Crippen LogP contribution in [0.25, 0.3) is 0 Å². The van der Waals surface area contributed by atoms with Crippen LogP contribution in [0.3, 0.4) is 0 Å². The van der Waals surface area contributed by atoms with Crippen LogP contribution in [-0.4, -0.2) is 24.3 Å². The summed E-state index contributed by atoms with van der Waals surface area (Å²) in [6.07, 6.45) is 1.15. The Hall–Kier alpha value is -0.0800. The lowest BCUT2D eigenvalue weighted by Crippen LogP contribution is -2.31. The van der Waals surface area contributed by atoms with Crippen molar-refractivity contribution in [1.82, 2.24) is 5.32 Å². The van der Waals surface area contributed by atoms with Gasteiger partial charge in [0.25, 0.3) is 0 Å². The lowest BCUT2D eigenvalue weighted by molar-refractivity contribution is 0.245. The van der Waals surface area contributed by atoms with Crippen molar-refractivity contribution in [3.8, 4) is 0 Å². The number of nitrogens with one attached hydrogen (secondary N) is 1. The van der Waals surface area contributed by atoms with Crippen LogP contribution in [0.5, 0.6) is 0 Å². The zero-order valence-corrected chi connectivity index (χ0v) is 8.15. The summed E-state index contributed by atoms with van der Waals surface area (Å²) in [6, 6.07) is 0.234. The fraction of sp³-hybridized carbons (Fsp3) is 1.00. The molecule has 0 aliphatic carbocycles. The first kappa shape index (κ1) is 10.9. The van der Waals surface area contributed by atoms with Gasteiger partial charge in [-0.2, -0.15) is 0 Å². The van der Waals surface area contributed by atoms with Crippen LogP contribution in [0.15, 0.2) is 0 Å². The molecule has 0 heterocycles. The number of aliphatic hydroxyl groups is 1. The molecular formula is C9H21NO. The van der Waals surface area contributed by atoms with E-state index in [1.165, 1.54) is 0 Å². The molecule has 0 saturated heterocycles. The predicted molar refractivity (Wildman–Crippen MR) is 48.6 cm³/mol. The Morgan fingerprint density at radius 2 is 1.91 bits per heavy atom. The Morgan fingerprint density at radius 1 is 1.36 bits per heavy atom. The monoisotopic (exact) mass is 159 g/mol. The molecule has 0 aromatic rings. The van der Waals surface area contributed by atoms with Crippen LogP contribution < -0.4 is 5.32 Å². The molecule has 2 nitrogen and oxygen atoms in total. The van der Waals surface area contributed by atoms with Crippen LogP contribution in [-0.2, 0) is 0 Å². The highest BCUT2D eigenvalue weighted by Crippen LogP contribution is 2.16. The van der Waals surface area contributed by atoms with Gasteiger partial charge in [0.2, 0.25) is 0 Å². The van der Waals surface area contributed by atoms with E-state index in [1.807, 2.05) is 6.92 Å². The third-order valence-electron chi connectivity index (χ3n) is 1.64. The van der Waals surface area contributed by atoms with Gasteiger partial charge >= 0.3 is 0 Å². The standard InChI is InChI=1S/C9H21NO/c1-8(7-11)10-6-5-9(2,3)4/h8,10-11H,5-7H2,1-4H3. The number of aliphatic hydroxyl groups excluding tert-OH is 1. The Balaban J connectivity index is 3.28. The Labute approximate surface area is 70.0 Å². The molecule has 2 N–H and O–H groups in total. The maximum absolute atomic E-state index is 8.70. The molecule has 0 aliphatic heterocycles. The molecule has 0 bridgehead atoms. The highest BCUT2D eigenvalue weighted by atomic mass is 16.3. The largest absolute Gasteiger partial charge is 0.395 e. The molecule has 0 fully saturated rings. The van der Waals surface area contributed by atoms with Gasteiger partial charge in [-0.3, -0.25) is 0 Å². The Kier molecular flexibility index (Phi) is 4.69. The van der Waals surface area contributed by atoms with Gasteiger partial charge in [0.15, 0.2) is 0 Å². The fourth-order valence-electron chi connectivity index (χ4n) is 0.758. The quantitative estimate of drug-likeness (QED) is 0.649. The van der Waals surface area contributed by atoms with Crippen molar-refractivity contribution in [3.05, 3.63) is 0 Å². The van der Waals surface area contributed by atoms with Crippen molar-refractivity contribution in [2.45, 2.75) is 40.2 Å². The van der Waals surface area contributed by atoms with E-state index >= 15 is 0 Å². The van der Waals surface area contributed by atoms with Gasteiger partial charge in [-0.05, 0) is 25.3 Å². The van der Waals surface area contributed by atoms with E-state index in [0.717, 1.165) is 13.0 Å². The van der Waals surface area contributed by atoms with Crippen molar-refractivity contribution in [1.29, 1.82) is 0 Å². The smallest absolute Gasteiger partial charge is 0.0581 e. The van der Waals surface area contributed by atoms with Crippen molar-refractivity contribution in [3.63, 3.8) is 0 Å². The SMILES string of the molecule is CC(CO)NCCC(C)(C)C. The predicted octanol–water partition coefficient (Wildman–Crippen LogP) is 1.39. The van der Waals surface area contributed by atoms with E-state index in [1.54, 1.807) is 0 Å². The highest BCUT2D eigenvalue weighted by Gasteiger charge is 2.09. The molecule has 0 aromatic carbocycles. The summed E-state index contributed by atoms with van der Waals surface area (Å²) in [7, 11) is 0. The third-order valence-corrected chi connectivity index (χ3v) is 1.64. The Bertz CT molecular complexity index is 96.2. The van der Waals surface area contributed by atoms with Gasteiger partial charge in [-0.25, -0.2) is 0 Å². The van der Waals surface area contributed by atoms with Crippen molar-refractivity contribution in [2.24, 2.45) is 5.41 Å². The van der Waals surface area contributed by atoms with E-state index in [-0.39, 0.29) is 12.6 Å². The van der Waals surface area contributed by atoms with Gasteiger partial charge in [-0.1, -0.05) is 20.8 Å². The van der Waals surface area contributed by atoms with E-state index in [2.05, 4.69) is 26.1 Å². The van der Waals surface area contributed by atoms with Crippen LogP contribution in [0.2, 0.25) is 0 Å². The molecule has 0 aliphatic rings. The summed E-state index contributed by atoms with van der Waals surface area (Å²) >= 11 is 0. The summed E-state index contributed by atoms with van der Waals surface area (Å²) in [6.45, 7) is 9.87. The summed E-state index contributed by atoms with van der Waals surface area (Å²) in [5.74, 6) is 0.